The van der Waals surface area contributed by atoms with Gasteiger partial charge in [-0.2, -0.15) is 5.26 Å². The molecule has 0 bridgehead atoms. The SMILES string of the molecule is CN(C)CCN(Cc1ccc(C#N)cc1)C(=O)C=Cc1cn(C)c(=O)n(C)c1=O. The average molecular weight is 395 g/mol. The molecule has 8 heteroatoms. The summed E-state index contributed by atoms with van der Waals surface area (Å²) in [5, 5.41) is 8.92. The van der Waals surface area contributed by atoms with E-state index in [1.807, 2.05) is 31.1 Å². The van der Waals surface area contributed by atoms with Crippen molar-refractivity contribution < 1.29 is 4.79 Å². The maximum atomic E-state index is 12.8. The largest absolute Gasteiger partial charge is 0.334 e. The third kappa shape index (κ3) is 5.77. The second kappa shape index (κ2) is 9.66. The van der Waals surface area contributed by atoms with Crippen LogP contribution >= 0.6 is 0 Å². The van der Waals surface area contributed by atoms with Gasteiger partial charge in [0, 0.05) is 46.0 Å². The summed E-state index contributed by atoms with van der Waals surface area (Å²) in [5.41, 5.74) is 0.845. The number of carbonyl (C=O) groups excluding carboxylic acids is 1. The number of hydrogen-bond acceptors (Lipinski definition) is 5. The van der Waals surface area contributed by atoms with Gasteiger partial charge in [-0.1, -0.05) is 12.1 Å². The van der Waals surface area contributed by atoms with E-state index in [-0.39, 0.29) is 11.5 Å². The van der Waals surface area contributed by atoms with Crippen LogP contribution in [0.15, 0.2) is 46.1 Å². The molecule has 29 heavy (non-hydrogen) atoms. The molecular formula is C21H25N5O3. The van der Waals surface area contributed by atoms with Crippen LogP contribution in [0.2, 0.25) is 0 Å². The standard InChI is InChI=1S/C21H25N5O3/c1-23(2)11-12-26(14-17-7-5-16(13-22)6-8-17)19(27)10-9-18-15-24(3)21(29)25(4)20(18)28/h5-10,15H,11-12,14H2,1-4H3. The molecule has 0 saturated heterocycles. The smallest absolute Gasteiger partial charge is 0.330 e. The van der Waals surface area contributed by atoms with E-state index in [1.165, 1.54) is 30.0 Å². The van der Waals surface area contributed by atoms with E-state index < -0.39 is 11.2 Å². The summed E-state index contributed by atoms with van der Waals surface area (Å²) in [7, 11) is 6.80. The van der Waals surface area contributed by atoms with Crippen LogP contribution in [0, 0.1) is 11.3 Å². The van der Waals surface area contributed by atoms with Crippen LogP contribution in [-0.4, -0.2) is 52.0 Å². The van der Waals surface area contributed by atoms with E-state index in [9.17, 15) is 14.4 Å². The Morgan fingerprint density at radius 1 is 1.14 bits per heavy atom. The molecule has 2 rings (SSSR count). The molecule has 0 atom stereocenters. The quantitative estimate of drug-likeness (QED) is 0.639. The van der Waals surface area contributed by atoms with E-state index >= 15 is 0 Å². The number of likely N-dealkylation sites (N-methyl/N-ethyl adjacent to an activating group) is 1. The fourth-order valence-corrected chi connectivity index (χ4v) is 2.71. The molecule has 0 saturated carbocycles. The van der Waals surface area contributed by atoms with E-state index in [0.29, 0.717) is 25.2 Å². The molecule has 0 aliphatic heterocycles. The molecule has 1 aromatic heterocycles. The summed E-state index contributed by atoms with van der Waals surface area (Å²) in [6.45, 7) is 1.56. The number of rotatable bonds is 7. The Labute approximate surface area is 169 Å². The molecule has 0 spiro atoms. The molecule has 0 aliphatic carbocycles. The number of aromatic nitrogens is 2. The van der Waals surface area contributed by atoms with Crippen molar-refractivity contribution >= 4 is 12.0 Å². The summed E-state index contributed by atoms with van der Waals surface area (Å²) in [6.07, 6.45) is 4.20. The molecule has 1 amide bonds. The Morgan fingerprint density at radius 3 is 2.38 bits per heavy atom. The highest BCUT2D eigenvalue weighted by atomic mass is 16.2. The van der Waals surface area contributed by atoms with Crippen LogP contribution in [-0.2, 0) is 25.4 Å². The van der Waals surface area contributed by atoms with Crippen LogP contribution in [0.3, 0.4) is 0 Å². The lowest BCUT2D eigenvalue weighted by molar-refractivity contribution is -0.126. The first-order chi connectivity index (χ1) is 13.7. The van der Waals surface area contributed by atoms with Crippen molar-refractivity contribution in [1.29, 1.82) is 5.26 Å². The zero-order chi connectivity index (χ0) is 21.6. The first-order valence-corrected chi connectivity index (χ1v) is 9.10. The molecule has 8 nitrogen and oxygen atoms in total. The normalized spacial score (nSPS) is 11.0. The molecule has 0 unspecified atom stereocenters. The lowest BCUT2D eigenvalue weighted by atomic mass is 10.1. The number of amides is 1. The van der Waals surface area contributed by atoms with Crippen LogP contribution in [0.4, 0.5) is 0 Å². The molecule has 0 N–H and O–H groups in total. The van der Waals surface area contributed by atoms with Crippen molar-refractivity contribution in [2.45, 2.75) is 6.54 Å². The first-order valence-electron chi connectivity index (χ1n) is 9.10. The van der Waals surface area contributed by atoms with Gasteiger partial charge in [0.1, 0.15) is 0 Å². The third-order valence-corrected chi connectivity index (χ3v) is 4.46. The van der Waals surface area contributed by atoms with Crippen molar-refractivity contribution in [3.8, 4) is 6.07 Å². The minimum Gasteiger partial charge on any atom is -0.334 e. The highest BCUT2D eigenvalue weighted by Crippen LogP contribution is 2.08. The second-order valence-electron chi connectivity index (χ2n) is 7.05. The zero-order valence-electron chi connectivity index (χ0n) is 17.1. The highest BCUT2D eigenvalue weighted by molar-refractivity contribution is 5.91. The minimum absolute atomic E-state index is 0.243. The van der Waals surface area contributed by atoms with Gasteiger partial charge in [-0.25, -0.2) is 4.79 Å². The number of carbonyl (C=O) groups is 1. The van der Waals surface area contributed by atoms with Gasteiger partial charge in [-0.3, -0.25) is 14.2 Å². The third-order valence-electron chi connectivity index (χ3n) is 4.46. The van der Waals surface area contributed by atoms with Gasteiger partial charge in [-0.05, 0) is 37.9 Å². The predicted molar refractivity (Wildman–Crippen MR) is 111 cm³/mol. The summed E-state index contributed by atoms with van der Waals surface area (Å²) in [4.78, 5) is 40.5. The number of nitrogens with zero attached hydrogens (tertiary/aromatic N) is 5. The summed E-state index contributed by atoms with van der Waals surface area (Å²) < 4.78 is 2.30. The maximum Gasteiger partial charge on any atom is 0.330 e. The van der Waals surface area contributed by atoms with Crippen LogP contribution in [0.5, 0.6) is 0 Å². The molecular weight excluding hydrogens is 370 g/mol. The van der Waals surface area contributed by atoms with Crippen molar-refractivity contribution in [2.24, 2.45) is 14.1 Å². The van der Waals surface area contributed by atoms with Gasteiger partial charge in [0.05, 0.1) is 17.2 Å². The van der Waals surface area contributed by atoms with E-state index in [4.69, 9.17) is 5.26 Å². The number of nitriles is 1. The van der Waals surface area contributed by atoms with Gasteiger partial charge < -0.3 is 14.4 Å². The Morgan fingerprint density at radius 2 is 1.79 bits per heavy atom. The van der Waals surface area contributed by atoms with Gasteiger partial charge in [0.15, 0.2) is 0 Å². The summed E-state index contributed by atoms with van der Waals surface area (Å²) in [6, 6.07) is 9.15. The predicted octanol–water partition coefficient (Wildman–Crippen LogP) is 0.559. The van der Waals surface area contributed by atoms with Crippen LogP contribution < -0.4 is 11.2 Å². The molecule has 0 radical (unpaired) electrons. The first kappa shape index (κ1) is 21.9. The molecule has 2 aromatic rings. The fourth-order valence-electron chi connectivity index (χ4n) is 2.71. The maximum absolute atomic E-state index is 12.8. The lowest BCUT2D eigenvalue weighted by Gasteiger charge is -2.23. The Bertz CT molecular complexity index is 1060. The summed E-state index contributed by atoms with van der Waals surface area (Å²) >= 11 is 0. The van der Waals surface area contributed by atoms with Gasteiger partial charge in [0.25, 0.3) is 5.56 Å². The number of aryl methyl sites for hydroxylation is 1. The van der Waals surface area contributed by atoms with Crippen molar-refractivity contribution in [2.75, 3.05) is 27.2 Å². The number of hydrogen-bond donors (Lipinski definition) is 0. The number of benzene rings is 1. The Balaban J connectivity index is 2.24. The average Bonchev–Trinajstić information content (AvgIpc) is 2.71. The lowest BCUT2D eigenvalue weighted by Crippen LogP contribution is -2.37. The molecule has 1 heterocycles. The van der Waals surface area contributed by atoms with Gasteiger partial charge in [-0.15, -0.1) is 0 Å². The monoisotopic (exact) mass is 395 g/mol. The highest BCUT2D eigenvalue weighted by Gasteiger charge is 2.13. The summed E-state index contributed by atoms with van der Waals surface area (Å²) in [5.74, 6) is -0.243. The fraction of sp³-hybridized carbons (Fsp3) is 0.333. The van der Waals surface area contributed by atoms with E-state index in [2.05, 4.69) is 6.07 Å². The topological polar surface area (TPSA) is 91.3 Å². The van der Waals surface area contributed by atoms with Crippen molar-refractivity contribution in [3.63, 3.8) is 0 Å². The molecule has 152 valence electrons. The molecule has 1 aromatic carbocycles. The van der Waals surface area contributed by atoms with Gasteiger partial charge in [0.2, 0.25) is 5.91 Å². The van der Waals surface area contributed by atoms with Gasteiger partial charge >= 0.3 is 5.69 Å². The Kier molecular flexibility index (Phi) is 7.28. The van der Waals surface area contributed by atoms with Crippen LogP contribution in [0.25, 0.3) is 6.08 Å². The van der Waals surface area contributed by atoms with E-state index in [0.717, 1.165) is 10.1 Å². The second-order valence-corrected chi connectivity index (χ2v) is 7.05. The van der Waals surface area contributed by atoms with E-state index in [1.54, 1.807) is 24.1 Å². The minimum atomic E-state index is -0.455. The van der Waals surface area contributed by atoms with Crippen molar-refractivity contribution in [3.05, 3.63) is 74.1 Å². The molecule has 0 aliphatic rings. The van der Waals surface area contributed by atoms with Crippen LogP contribution in [0.1, 0.15) is 16.7 Å². The molecule has 0 fully saturated rings. The Hall–Kier alpha value is -3.44. The zero-order valence-corrected chi connectivity index (χ0v) is 17.1. The van der Waals surface area contributed by atoms with Crippen molar-refractivity contribution in [1.82, 2.24) is 18.9 Å².